The number of methoxy groups -OCH3 is 2. The van der Waals surface area contributed by atoms with Crippen molar-refractivity contribution in [2.24, 2.45) is 0 Å². The number of rotatable bonds is 4. The maximum Gasteiger partial charge on any atom is 0.118 e. The van der Waals surface area contributed by atoms with E-state index < -0.39 is 0 Å². The zero-order valence-electron chi connectivity index (χ0n) is 14.8. The zero-order valence-corrected chi connectivity index (χ0v) is 17.3. The Morgan fingerprint density at radius 3 is 1.33 bits per heavy atom. The second kappa shape index (κ2) is 6.68. The fourth-order valence-electron chi connectivity index (χ4n) is 3.13. The number of hydrogen-bond acceptors (Lipinski definition) is 5. The van der Waals surface area contributed by atoms with Crippen LogP contribution in [-0.4, -0.2) is 14.2 Å². The summed E-state index contributed by atoms with van der Waals surface area (Å²) < 4.78 is 16.1. The van der Waals surface area contributed by atoms with E-state index in [4.69, 9.17) is 9.47 Å². The molecule has 0 radical (unpaired) electrons. The smallest absolute Gasteiger partial charge is 0.118 e. The molecule has 27 heavy (non-hydrogen) atoms. The lowest BCUT2D eigenvalue weighted by atomic mass is 10.2. The standard InChI is InChI=1S/C22H16O2S3/c1-23-15-7-3-13(4-8-15)17-11-19-21(26-17)22-20(25-19)12-18(27-22)14-5-9-16(24-2)10-6-14/h3-12H,1-2H3. The Morgan fingerprint density at radius 2 is 0.963 bits per heavy atom. The van der Waals surface area contributed by atoms with Gasteiger partial charge in [0.25, 0.3) is 0 Å². The normalized spacial score (nSPS) is 11.3. The van der Waals surface area contributed by atoms with E-state index >= 15 is 0 Å². The van der Waals surface area contributed by atoms with Crippen LogP contribution < -0.4 is 9.47 Å². The molecule has 0 aliphatic carbocycles. The minimum absolute atomic E-state index is 0.891. The highest BCUT2D eigenvalue weighted by molar-refractivity contribution is 7.40. The fraction of sp³-hybridized carbons (Fsp3) is 0.0909. The summed E-state index contributed by atoms with van der Waals surface area (Å²) >= 11 is 5.63. The van der Waals surface area contributed by atoms with Gasteiger partial charge in [0.05, 0.1) is 23.6 Å². The predicted octanol–water partition coefficient (Wildman–Crippen LogP) is 7.53. The van der Waals surface area contributed by atoms with E-state index in [1.54, 1.807) is 14.2 Å². The first-order valence-electron chi connectivity index (χ1n) is 8.50. The van der Waals surface area contributed by atoms with Gasteiger partial charge in [0.2, 0.25) is 0 Å². The molecule has 2 aromatic carbocycles. The maximum atomic E-state index is 5.27. The Balaban J connectivity index is 1.55. The van der Waals surface area contributed by atoms with Crippen LogP contribution >= 0.6 is 34.0 Å². The highest BCUT2D eigenvalue weighted by atomic mass is 32.1. The summed E-state index contributed by atoms with van der Waals surface area (Å²) in [6.45, 7) is 0. The molecule has 5 rings (SSSR count). The molecular formula is C22H16O2S3. The molecule has 0 saturated carbocycles. The highest BCUT2D eigenvalue weighted by Gasteiger charge is 2.14. The van der Waals surface area contributed by atoms with Crippen LogP contribution in [0.15, 0.2) is 60.7 Å². The van der Waals surface area contributed by atoms with Crippen molar-refractivity contribution in [2.45, 2.75) is 0 Å². The largest absolute Gasteiger partial charge is 0.497 e. The number of hydrogen-bond donors (Lipinski definition) is 0. The van der Waals surface area contributed by atoms with Crippen LogP contribution in [0, 0.1) is 0 Å². The van der Waals surface area contributed by atoms with Crippen molar-refractivity contribution >= 4 is 52.8 Å². The second-order valence-electron chi connectivity index (χ2n) is 6.17. The van der Waals surface area contributed by atoms with Crippen LogP contribution in [0.4, 0.5) is 0 Å². The molecule has 0 spiro atoms. The summed E-state index contributed by atoms with van der Waals surface area (Å²) in [5.41, 5.74) is 2.48. The van der Waals surface area contributed by atoms with E-state index in [9.17, 15) is 0 Å². The van der Waals surface area contributed by atoms with Crippen LogP contribution in [0.1, 0.15) is 0 Å². The molecule has 3 heterocycles. The predicted molar refractivity (Wildman–Crippen MR) is 119 cm³/mol. The van der Waals surface area contributed by atoms with Gasteiger partial charge in [0, 0.05) is 19.2 Å². The number of ether oxygens (including phenoxy) is 2. The summed E-state index contributed by atoms with van der Waals surface area (Å²) in [4.78, 5) is 2.61. The van der Waals surface area contributed by atoms with Crippen LogP contribution in [0.2, 0.25) is 0 Å². The van der Waals surface area contributed by atoms with Gasteiger partial charge < -0.3 is 9.47 Å². The molecule has 5 heteroatoms. The fourth-order valence-corrected chi connectivity index (χ4v) is 7.16. The van der Waals surface area contributed by atoms with E-state index in [-0.39, 0.29) is 0 Å². The van der Waals surface area contributed by atoms with Gasteiger partial charge in [-0.15, -0.1) is 34.0 Å². The third-order valence-electron chi connectivity index (χ3n) is 4.57. The van der Waals surface area contributed by atoms with Crippen molar-refractivity contribution < 1.29 is 9.47 Å². The van der Waals surface area contributed by atoms with Gasteiger partial charge in [-0.25, -0.2) is 0 Å². The van der Waals surface area contributed by atoms with Gasteiger partial charge >= 0.3 is 0 Å². The molecule has 0 fully saturated rings. The quantitative estimate of drug-likeness (QED) is 0.306. The van der Waals surface area contributed by atoms with Crippen molar-refractivity contribution in [3.05, 3.63) is 60.7 Å². The lowest BCUT2D eigenvalue weighted by Gasteiger charge is -2.00. The maximum absolute atomic E-state index is 5.27. The average Bonchev–Trinajstić information content (AvgIpc) is 3.39. The van der Waals surface area contributed by atoms with Crippen LogP contribution in [-0.2, 0) is 0 Å². The third-order valence-corrected chi connectivity index (χ3v) is 8.45. The first-order valence-corrected chi connectivity index (χ1v) is 10.9. The molecule has 2 nitrogen and oxygen atoms in total. The molecule has 0 atom stereocenters. The minimum Gasteiger partial charge on any atom is -0.497 e. The van der Waals surface area contributed by atoms with Gasteiger partial charge in [-0.2, -0.15) is 0 Å². The third kappa shape index (κ3) is 2.92. The molecular weight excluding hydrogens is 392 g/mol. The van der Waals surface area contributed by atoms with Crippen molar-refractivity contribution in [1.29, 1.82) is 0 Å². The molecule has 5 aromatic rings. The van der Waals surface area contributed by atoms with Gasteiger partial charge in [-0.3, -0.25) is 0 Å². The molecule has 134 valence electrons. The summed E-state index contributed by atoms with van der Waals surface area (Å²) in [5, 5.41) is 0. The number of fused-ring (bicyclic) bond motifs is 3. The summed E-state index contributed by atoms with van der Waals surface area (Å²) in [6, 6.07) is 21.2. The van der Waals surface area contributed by atoms with E-state index in [2.05, 4.69) is 36.4 Å². The second-order valence-corrected chi connectivity index (χ2v) is 9.36. The van der Waals surface area contributed by atoms with E-state index in [0.29, 0.717) is 0 Å². The monoisotopic (exact) mass is 408 g/mol. The van der Waals surface area contributed by atoms with Gasteiger partial charge in [0.15, 0.2) is 0 Å². The molecule has 0 amide bonds. The molecule has 0 aliphatic heterocycles. The topological polar surface area (TPSA) is 18.5 Å². The molecule has 0 N–H and O–H groups in total. The van der Waals surface area contributed by atoms with Crippen molar-refractivity contribution in [1.82, 2.24) is 0 Å². The number of benzene rings is 2. The molecule has 3 aromatic heterocycles. The summed E-state index contributed by atoms with van der Waals surface area (Å²) in [7, 11) is 3.40. The number of thiophene rings is 3. The van der Waals surface area contributed by atoms with Crippen molar-refractivity contribution in [3.8, 4) is 32.4 Å². The van der Waals surface area contributed by atoms with Crippen molar-refractivity contribution in [3.63, 3.8) is 0 Å². The Labute approximate surface area is 169 Å². The highest BCUT2D eigenvalue weighted by Crippen LogP contribution is 2.48. The Kier molecular flexibility index (Phi) is 4.16. The Morgan fingerprint density at radius 1 is 0.556 bits per heavy atom. The summed E-state index contributed by atoms with van der Waals surface area (Å²) in [5.74, 6) is 1.78. The first-order chi connectivity index (χ1) is 13.2. The van der Waals surface area contributed by atoms with Gasteiger partial charge in [-0.05, 0) is 71.8 Å². The lowest BCUT2D eigenvalue weighted by molar-refractivity contribution is 0.415. The van der Waals surface area contributed by atoms with Crippen LogP contribution in [0.25, 0.3) is 39.7 Å². The van der Waals surface area contributed by atoms with E-state index in [0.717, 1.165) is 11.5 Å². The van der Waals surface area contributed by atoms with Gasteiger partial charge in [0.1, 0.15) is 11.5 Å². The van der Waals surface area contributed by atoms with E-state index in [1.165, 1.54) is 39.7 Å². The SMILES string of the molecule is COc1ccc(-c2cc3sc4cc(-c5ccc(OC)cc5)sc4c3s2)cc1. The van der Waals surface area contributed by atoms with Crippen LogP contribution in [0.5, 0.6) is 11.5 Å². The summed E-state index contributed by atoms with van der Waals surface area (Å²) in [6.07, 6.45) is 0. The first kappa shape index (κ1) is 16.8. The lowest BCUT2D eigenvalue weighted by Crippen LogP contribution is -1.81. The molecule has 0 unspecified atom stereocenters. The average molecular weight is 409 g/mol. The Bertz CT molecular complexity index is 1130. The zero-order chi connectivity index (χ0) is 18.4. The molecule has 0 bridgehead atoms. The molecule has 0 saturated heterocycles. The van der Waals surface area contributed by atoms with Crippen molar-refractivity contribution in [2.75, 3.05) is 14.2 Å². The van der Waals surface area contributed by atoms with Crippen LogP contribution in [0.3, 0.4) is 0 Å². The minimum atomic E-state index is 0.891. The molecule has 0 aliphatic rings. The van der Waals surface area contributed by atoms with Gasteiger partial charge in [-0.1, -0.05) is 0 Å². The Hall–Kier alpha value is -2.34. The van der Waals surface area contributed by atoms with E-state index in [1.807, 2.05) is 58.3 Å².